The molecular weight excluding hydrogens is 426 g/mol. The van der Waals surface area contributed by atoms with Crippen LogP contribution in [0.15, 0.2) is 30.3 Å². The van der Waals surface area contributed by atoms with Crippen LogP contribution in [0.4, 0.5) is 0 Å². The van der Waals surface area contributed by atoms with Gasteiger partial charge in [-0.3, -0.25) is 0 Å². The van der Waals surface area contributed by atoms with E-state index >= 15 is 0 Å². The molecule has 3 aliphatic rings. The van der Waals surface area contributed by atoms with Gasteiger partial charge >= 0.3 is 0 Å². The maximum atomic E-state index is 10.9. The number of phenolic OH excluding ortho intramolecular Hbond substituents is 2. The van der Waals surface area contributed by atoms with Crippen molar-refractivity contribution in [3.8, 4) is 28.4 Å². The van der Waals surface area contributed by atoms with E-state index in [-0.39, 0.29) is 29.6 Å². The second-order valence-electron chi connectivity index (χ2n) is 10.6. The van der Waals surface area contributed by atoms with Crippen molar-refractivity contribution in [3.05, 3.63) is 64.0 Å². The van der Waals surface area contributed by atoms with Crippen molar-refractivity contribution in [1.29, 1.82) is 0 Å². The van der Waals surface area contributed by atoms with Crippen LogP contribution in [-0.4, -0.2) is 26.4 Å². The molecule has 2 aromatic carbocycles. The van der Waals surface area contributed by atoms with E-state index in [0.29, 0.717) is 5.92 Å². The van der Waals surface area contributed by atoms with Gasteiger partial charge in [-0.15, -0.1) is 0 Å². The normalized spacial score (nSPS) is 24.7. The summed E-state index contributed by atoms with van der Waals surface area (Å²) in [6, 6.07) is 10.0. The van der Waals surface area contributed by atoms with Crippen LogP contribution in [0.2, 0.25) is 0 Å². The molecule has 1 aromatic heterocycles. The number of nitrogens with one attached hydrogen (secondary N) is 1. The van der Waals surface area contributed by atoms with Crippen molar-refractivity contribution in [3.63, 3.8) is 0 Å². The number of aryl methyl sites for hydroxylation is 2. The second-order valence-corrected chi connectivity index (χ2v) is 10.6. The summed E-state index contributed by atoms with van der Waals surface area (Å²) >= 11 is 0. The Kier molecular flexibility index (Phi) is 5.14. The fourth-order valence-electron chi connectivity index (χ4n) is 6.70. The molecule has 5 nitrogen and oxygen atoms in total. The summed E-state index contributed by atoms with van der Waals surface area (Å²) in [7, 11) is 0. The Morgan fingerprint density at radius 1 is 1.09 bits per heavy atom. The van der Waals surface area contributed by atoms with Crippen LogP contribution in [0.25, 0.3) is 11.1 Å². The van der Waals surface area contributed by atoms with E-state index in [1.807, 2.05) is 0 Å². The average molecular weight is 460 g/mol. The van der Waals surface area contributed by atoms with Gasteiger partial charge in [-0.05, 0) is 81.0 Å². The van der Waals surface area contributed by atoms with Crippen molar-refractivity contribution >= 4 is 0 Å². The lowest BCUT2D eigenvalue weighted by Gasteiger charge is -2.31. The molecular formula is C29H33NO4. The number of hydrogen-bond acceptors (Lipinski definition) is 4. The first-order valence-corrected chi connectivity index (χ1v) is 12.6. The molecule has 3 aromatic rings. The lowest BCUT2D eigenvalue weighted by atomic mass is 9.86. The predicted octanol–water partition coefficient (Wildman–Crippen LogP) is 5.71. The number of aromatic amines is 1. The highest BCUT2D eigenvalue weighted by Gasteiger charge is 2.44. The second kappa shape index (κ2) is 8.09. The molecule has 0 bridgehead atoms. The molecule has 178 valence electrons. The van der Waals surface area contributed by atoms with E-state index in [1.165, 1.54) is 28.6 Å². The summed E-state index contributed by atoms with van der Waals surface area (Å²) in [5.74, 6) is 1.80. The molecule has 0 radical (unpaired) electrons. The van der Waals surface area contributed by atoms with Crippen LogP contribution < -0.4 is 4.74 Å². The smallest absolute Gasteiger partial charge is 0.128 e. The van der Waals surface area contributed by atoms with Gasteiger partial charge in [-0.2, -0.15) is 0 Å². The first kappa shape index (κ1) is 21.6. The van der Waals surface area contributed by atoms with E-state index < -0.39 is 0 Å². The maximum Gasteiger partial charge on any atom is 0.128 e. The van der Waals surface area contributed by atoms with Crippen molar-refractivity contribution in [2.24, 2.45) is 11.8 Å². The Balaban J connectivity index is 1.37. The number of ether oxygens (including phenoxy) is 1. The van der Waals surface area contributed by atoms with E-state index in [9.17, 15) is 15.3 Å². The molecule has 6 rings (SSSR count). The Hall–Kier alpha value is -2.92. The minimum atomic E-state index is -0.192. The molecule has 4 atom stereocenters. The molecule has 2 heterocycles. The molecule has 4 unspecified atom stereocenters. The lowest BCUT2D eigenvalue weighted by Crippen LogP contribution is -2.20. The number of rotatable bonds is 5. The Morgan fingerprint density at radius 3 is 2.71 bits per heavy atom. The standard InChI is InChI=1S/C29H33NO4/c1-3-23-18(8-15(2)30-23)9-17-5-7-21-26(12-17)34-29-19(10-16-4-6-20(31)11-16)13-22-24(32)14-25(33)27(21)28(22)29/h5,7-8,12,14,16,19-20,29-33H,3-4,6,9-11,13H2,1-2H3. The van der Waals surface area contributed by atoms with Gasteiger partial charge in [0.1, 0.15) is 23.4 Å². The van der Waals surface area contributed by atoms with Crippen molar-refractivity contribution in [1.82, 2.24) is 4.98 Å². The highest BCUT2D eigenvalue weighted by molar-refractivity contribution is 5.84. The fourth-order valence-corrected chi connectivity index (χ4v) is 6.70. The van der Waals surface area contributed by atoms with Gasteiger partial charge in [0.2, 0.25) is 0 Å². The summed E-state index contributed by atoms with van der Waals surface area (Å²) in [6.45, 7) is 4.26. The van der Waals surface area contributed by atoms with Gasteiger partial charge in [-0.1, -0.05) is 19.1 Å². The van der Waals surface area contributed by atoms with E-state index in [4.69, 9.17) is 4.74 Å². The molecule has 5 heteroatoms. The molecule has 2 aliphatic carbocycles. The molecule has 0 amide bonds. The number of phenols is 2. The SMILES string of the molecule is CCc1[nH]c(C)cc1Cc1ccc2c(c1)OC1c3c(c(O)cc(O)c3-2)CC1CC1CCC(O)C1. The number of H-pyrrole nitrogens is 1. The number of fused-ring (bicyclic) bond motifs is 2. The zero-order valence-electron chi connectivity index (χ0n) is 19.9. The Morgan fingerprint density at radius 2 is 1.94 bits per heavy atom. The summed E-state index contributed by atoms with van der Waals surface area (Å²) in [4.78, 5) is 3.46. The van der Waals surface area contributed by atoms with E-state index in [0.717, 1.165) is 72.9 Å². The first-order valence-electron chi connectivity index (χ1n) is 12.6. The van der Waals surface area contributed by atoms with Crippen molar-refractivity contribution in [2.45, 2.75) is 71.0 Å². The molecule has 34 heavy (non-hydrogen) atoms. The number of hydrogen-bond donors (Lipinski definition) is 4. The third-order valence-corrected chi connectivity index (χ3v) is 8.21. The average Bonchev–Trinajstić information content (AvgIpc) is 3.48. The zero-order chi connectivity index (χ0) is 23.6. The Labute approximate surface area is 200 Å². The van der Waals surface area contributed by atoms with E-state index in [1.54, 1.807) is 0 Å². The highest BCUT2D eigenvalue weighted by Crippen LogP contribution is 2.57. The molecule has 4 N–H and O–H groups in total. The quantitative estimate of drug-likeness (QED) is 0.394. The number of benzene rings is 2. The van der Waals surface area contributed by atoms with Crippen molar-refractivity contribution in [2.75, 3.05) is 0 Å². The number of aliphatic hydroxyl groups excluding tert-OH is 1. The van der Waals surface area contributed by atoms with Crippen molar-refractivity contribution < 1.29 is 20.1 Å². The third-order valence-electron chi connectivity index (χ3n) is 8.21. The monoisotopic (exact) mass is 459 g/mol. The molecule has 1 aliphatic heterocycles. The predicted molar refractivity (Wildman–Crippen MR) is 131 cm³/mol. The van der Waals surface area contributed by atoms with E-state index in [2.05, 4.69) is 43.1 Å². The van der Waals surface area contributed by atoms with Gasteiger partial charge in [0.05, 0.1) is 6.10 Å². The number of aromatic hydroxyl groups is 2. The van der Waals surface area contributed by atoms with Crippen LogP contribution in [-0.2, 0) is 19.3 Å². The van der Waals surface area contributed by atoms with Gasteiger partial charge in [0, 0.05) is 45.6 Å². The van der Waals surface area contributed by atoms with Gasteiger partial charge in [0.25, 0.3) is 0 Å². The van der Waals surface area contributed by atoms with Crippen LogP contribution in [0.3, 0.4) is 0 Å². The largest absolute Gasteiger partial charge is 0.508 e. The third kappa shape index (κ3) is 3.49. The Bertz CT molecular complexity index is 1260. The fraction of sp³-hybridized carbons (Fsp3) is 0.448. The summed E-state index contributed by atoms with van der Waals surface area (Å²) < 4.78 is 6.67. The van der Waals surface area contributed by atoms with Crippen LogP contribution in [0.1, 0.15) is 72.4 Å². The lowest BCUT2D eigenvalue weighted by molar-refractivity contribution is 0.124. The summed E-state index contributed by atoms with van der Waals surface area (Å²) in [5.41, 5.74) is 8.51. The van der Waals surface area contributed by atoms with Crippen LogP contribution in [0.5, 0.6) is 17.2 Å². The van der Waals surface area contributed by atoms with Gasteiger partial charge in [-0.25, -0.2) is 0 Å². The number of aromatic nitrogens is 1. The summed E-state index contributed by atoms with van der Waals surface area (Å²) in [6.07, 6.45) is 5.91. The maximum absolute atomic E-state index is 10.9. The van der Waals surface area contributed by atoms with Crippen LogP contribution in [0, 0.1) is 18.8 Å². The summed E-state index contributed by atoms with van der Waals surface area (Å²) in [5, 5.41) is 31.5. The minimum Gasteiger partial charge on any atom is -0.508 e. The molecule has 1 fully saturated rings. The molecule has 0 saturated heterocycles. The number of aliphatic hydroxyl groups is 1. The van der Waals surface area contributed by atoms with Gasteiger partial charge in [0.15, 0.2) is 0 Å². The van der Waals surface area contributed by atoms with Crippen LogP contribution >= 0.6 is 0 Å². The first-order chi connectivity index (χ1) is 16.4. The molecule has 0 spiro atoms. The topological polar surface area (TPSA) is 85.7 Å². The zero-order valence-corrected chi connectivity index (χ0v) is 19.9. The highest BCUT2D eigenvalue weighted by atomic mass is 16.5. The van der Waals surface area contributed by atoms with Gasteiger partial charge < -0.3 is 25.0 Å². The molecule has 1 saturated carbocycles. The minimum absolute atomic E-state index is 0.116.